The molecule has 2 amide bonds. The molecule has 1 aliphatic rings. The highest BCUT2D eigenvalue weighted by Gasteiger charge is 2.31. The number of rotatable bonds is 6. The van der Waals surface area contributed by atoms with Gasteiger partial charge in [0.25, 0.3) is 11.7 Å². The SMILES string of the molecule is O=C(/C=C/c1ccc(OC(F)(F)F)cc1)Nc1ccc(C2CCN(C(=O)c3nc4ncccn4n3)CC2)cc1. The zero-order valence-corrected chi connectivity index (χ0v) is 20.5. The molecule has 3 heterocycles. The molecule has 0 spiro atoms. The van der Waals surface area contributed by atoms with E-state index >= 15 is 0 Å². The van der Waals surface area contributed by atoms with Crippen molar-refractivity contribution in [3.63, 3.8) is 0 Å². The van der Waals surface area contributed by atoms with Gasteiger partial charge in [-0.1, -0.05) is 24.3 Å². The number of likely N-dealkylation sites (tertiary alicyclic amines) is 1. The smallest absolute Gasteiger partial charge is 0.406 e. The number of hydrogen-bond donors (Lipinski definition) is 1. The van der Waals surface area contributed by atoms with Crippen molar-refractivity contribution in [3.05, 3.63) is 90.0 Å². The van der Waals surface area contributed by atoms with Gasteiger partial charge in [0.2, 0.25) is 11.7 Å². The van der Waals surface area contributed by atoms with Gasteiger partial charge in [-0.25, -0.2) is 9.50 Å². The number of carbonyl (C=O) groups excluding carboxylic acids is 2. The molecule has 0 radical (unpaired) electrons. The number of halogens is 3. The first kappa shape index (κ1) is 25.9. The minimum absolute atomic E-state index is 0.133. The summed E-state index contributed by atoms with van der Waals surface area (Å²) in [5, 5.41) is 6.98. The predicted octanol–water partition coefficient (Wildman–Crippen LogP) is 4.69. The Labute approximate surface area is 220 Å². The topological polar surface area (TPSA) is 102 Å². The van der Waals surface area contributed by atoms with Gasteiger partial charge in [0.15, 0.2) is 0 Å². The molecule has 1 fully saturated rings. The van der Waals surface area contributed by atoms with Crippen molar-refractivity contribution in [1.29, 1.82) is 0 Å². The molecule has 0 aliphatic carbocycles. The molecule has 1 saturated heterocycles. The van der Waals surface area contributed by atoms with Crippen LogP contribution >= 0.6 is 0 Å². The highest BCUT2D eigenvalue weighted by Crippen LogP contribution is 2.29. The lowest BCUT2D eigenvalue weighted by Crippen LogP contribution is -2.38. The lowest BCUT2D eigenvalue weighted by molar-refractivity contribution is -0.274. The molecule has 0 saturated carbocycles. The lowest BCUT2D eigenvalue weighted by atomic mass is 9.89. The normalized spacial score (nSPS) is 14.6. The molecular weight excluding hydrogens is 513 g/mol. The van der Waals surface area contributed by atoms with E-state index in [-0.39, 0.29) is 29.3 Å². The van der Waals surface area contributed by atoms with Crippen LogP contribution in [-0.2, 0) is 4.79 Å². The van der Waals surface area contributed by atoms with Crippen LogP contribution in [0.25, 0.3) is 11.9 Å². The fraction of sp³-hybridized carbons (Fsp3) is 0.222. The third-order valence-corrected chi connectivity index (χ3v) is 6.28. The van der Waals surface area contributed by atoms with Gasteiger partial charge in [-0.05, 0) is 66.3 Å². The van der Waals surface area contributed by atoms with Crippen LogP contribution in [-0.4, -0.2) is 55.7 Å². The Balaban J connectivity index is 1.11. The van der Waals surface area contributed by atoms with Crippen LogP contribution < -0.4 is 10.1 Å². The standard InChI is InChI=1S/C27H23F3N6O3/c28-27(29,30)39-22-9-2-18(3-10-22)4-11-23(37)32-21-7-5-19(6-8-21)20-12-16-35(17-13-20)25(38)24-33-26-31-14-1-15-36(26)34-24/h1-11,14-15,20H,12-13,16-17H2,(H,32,37)/b11-4+. The van der Waals surface area contributed by atoms with E-state index in [0.717, 1.165) is 18.4 Å². The van der Waals surface area contributed by atoms with E-state index in [1.165, 1.54) is 40.9 Å². The Kier molecular flexibility index (Phi) is 7.26. The second-order valence-electron chi connectivity index (χ2n) is 8.93. The third kappa shape index (κ3) is 6.58. The number of ether oxygens (including phenoxy) is 1. The van der Waals surface area contributed by atoms with Crippen molar-refractivity contribution in [3.8, 4) is 5.75 Å². The molecular formula is C27H23F3N6O3. The highest BCUT2D eigenvalue weighted by molar-refractivity contribution is 6.01. The van der Waals surface area contributed by atoms with Crippen molar-refractivity contribution in [2.75, 3.05) is 18.4 Å². The van der Waals surface area contributed by atoms with Gasteiger partial charge in [0, 0.05) is 37.2 Å². The van der Waals surface area contributed by atoms with E-state index < -0.39 is 6.36 Å². The number of amides is 2. The fourth-order valence-electron chi connectivity index (χ4n) is 4.36. The molecule has 1 aliphatic heterocycles. The van der Waals surface area contributed by atoms with Gasteiger partial charge < -0.3 is 15.0 Å². The number of carbonyl (C=O) groups is 2. The first-order valence-corrected chi connectivity index (χ1v) is 12.1. The Morgan fingerprint density at radius 3 is 2.41 bits per heavy atom. The quantitative estimate of drug-likeness (QED) is 0.359. The summed E-state index contributed by atoms with van der Waals surface area (Å²) >= 11 is 0. The molecule has 1 N–H and O–H groups in total. The summed E-state index contributed by atoms with van der Waals surface area (Å²) in [6.07, 6.45) is 2.91. The van der Waals surface area contributed by atoms with E-state index in [9.17, 15) is 22.8 Å². The number of hydrogen-bond acceptors (Lipinski definition) is 6. The molecule has 39 heavy (non-hydrogen) atoms. The van der Waals surface area contributed by atoms with Gasteiger partial charge in [-0.15, -0.1) is 18.3 Å². The van der Waals surface area contributed by atoms with Crippen LogP contribution in [0.15, 0.2) is 73.1 Å². The molecule has 2 aromatic heterocycles. The Hall–Kier alpha value is -4.74. The van der Waals surface area contributed by atoms with Gasteiger partial charge in [0.05, 0.1) is 0 Å². The Bertz CT molecular complexity index is 1460. The van der Waals surface area contributed by atoms with Gasteiger partial charge >= 0.3 is 6.36 Å². The maximum Gasteiger partial charge on any atom is 0.573 e. The van der Waals surface area contributed by atoms with E-state index in [4.69, 9.17) is 0 Å². The number of nitrogens with one attached hydrogen (secondary N) is 1. The van der Waals surface area contributed by atoms with Crippen LogP contribution in [0.5, 0.6) is 5.75 Å². The van der Waals surface area contributed by atoms with Crippen LogP contribution in [0.1, 0.15) is 40.5 Å². The monoisotopic (exact) mass is 536 g/mol. The number of benzene rings is 2. The van der Waals surface area contributed by atoms with Crippen LogP contribution in [0.2, 0.25) is 0 Å². The zero-order chi connectivity index (χ0) is 27.4. The molecule has 4 aromatic rings. The first-order valence-electron chi connectivity index (χ1n) is 12.1. The van der Waals surface area contributed by atoms with Crippen LogP contribution in [0.4, 0.5) is 18.9 Å². The largest absolute Gasteiger partial charge is 0.573 e. The van der Waals surface area contributed by atoms with E-state index in [1.807, 2.05) is 24.3 Å². The number of aromatic nitrogens is 4. The summed E-state index contributed by atoms with van der Waals surface area (Å²) in [7, 11) is 0. The second kappa shape index (κ2) is 10.9. The van der Waals surface area contributed by atoms with Crippen molar-refractivity contribution in [2.24, 2.45) is 0 Å². The summed E-state index contributed by atoms with van der Waals surface area (Å²) in [4.78, 5) is 35.2. The number of anilines is 1. The Morgan fingerprint density at radius 2 is 1.74 bits per heavy atom. The van der Waals surface area contributed by atoms with Crippen molar-refractivity contribution >= 4 is 29.4 Å². The van der Waals surface area contributed by atoms with E-state index in [2.05, 4.69) is 25.1 Å². The summed E-state index contributed by atoms with van der Waals surface area (Å²) in [5.74, 6) is -0.126. The predicted molar refractivity (Wildman–Crippen MR) is 136 cm³/mol. The summed E-state index contributed by atoms with van der Waals surface area (Å²) in [6.45, 7) is 1.16. The molecule has 2 aromatic carbocycles. The molecule has 0 atom stereocenters. The summed E-state index contributed by atoms with van der Waals surface area (Å²) < 4.78 is 42.1. The highest BCUT2D eigenvalue weighted by atomic mass is 19.4. The lowest BCUT2D eigenvalue weighted by Gasteiger charge is -2.31. The summed E-state index contributed by atoms with van der Waals surface area (Å²) in [5.41, 5.74) is 2.28. The average molecular weight is 537 g/mol. The molecule has 9 nitrogen and oxygen atoms in total. The first-order chi connectivity index (χ1) is 18.7. The van der Waals surface area contributed by atoms with Crippen molar-refractivity contribution in [2.45, 2.75) is 25.1 Å². The number of nitrogens with zero attached hydrogens (tertiary/aromatic N) is 5. The molecule has 0 bridgehead atoms. The van der Waals surface area contributed by atoms with E-state index in [1.54, 1.807) is 23.4 Å². The number of alkyl halides is 3. The number of piperidine rings is 1. The minimum atomic E-state index is -4.75. The number of fused-ring (bicyclic) bond motifs is 1. The van der Waals surface area contributed by atoms with Crippen molar-refractivity contribution in [1.82, 2.24) is 24.5 Å². The molecule has 12 heteroatoms. The molecule has 5 rings (SSSR count). The Morgan fingerprint density at radius 1 is 1.03 bits per heavy atom. The fourth-order valence-corrected chi connectivity index (χ4v) is 4.36. The average Bonchev–Trinajstić information content (AvgIpc) is 3.36. The maximum atomic E-state index is 12.8. The van der Waals surface area contributed by atoms with Gasteiger partial charge in [0.1, 0.15) is 5.75 Å². The van der Waals surface area contributed by atoms with Gasteiger partial charge in [-0.2, -0.15) is 4.98 Å². The van der Waals surface area contributed by atoms with Crippen LogP contribution in [0.3, 0.4) is 0 Å². The van der Waals surface area contributed by atoms with Crippen LogP contribution in [0, 0.1) is 0 Å². The second-order valence-corrected chi connectivity index (χ2v) is 8.93. The zero-order valence-electron chi connectivity index (χ0n) is 20.5. The third-order valence-electron chi connectivity index (χ3n) is 6.28. The van der Waals surface area contributed by atoms with Crippen molar-refractivity contribution < 1.29 is 27.5 Å². The minimum Gasteiger partial charge on any atom is -0.406 e. The summed E-state index contributed by atoms with van der Waals surface area (Å²) in [6, 6.07) is 14.5. The maximum absolute atomic E-state index is 12.8. The molecule has 200 valence electrons. The molecule has 0 unspecified atom stereocenters. The van der Waals surface area contributed by atoms with E-state index in [0.29, 0.717) is 30.1 Å². The van der Waals surface area contributed by atoms with Gasteiger partial charge in [-0.3, -0.25) is 9.59 Å².